The molecule has 2 heterocycles. The van der Waals surface area contributed by atoms with E-state index in [1.54, 1.807) is 12.7 Å². The van der Waals surface area contributed by atoms with Gasteiger partial charge in [-0.2, -0.15) is 0 Å². The second-order valence-corrected chi connectivity index (χ2v) is 1.80. The molecule has 62 valence electrons. The molecule has 0 saturated carbocycles. The SMILES string of the molecule is C1=NCCN1.[OH-].c1c[nH+]c[nH]1. The average Bonchev–Trinajstić information content (AvgIpc) is 2.67. The number of aromatic amines is 2. The van der Waals surface area contributed by atoms with Gasteiger partial charge < -0.3 is 10.8 Å². The number of aromatic nitrogens is 2. The highest BCUT2D eigenvalue weighted by molar-refractivity contribution is 5.56. The van der Waals surface area contributed by atoms with Gasteiger partial charge in [0, 0.05) is 6.54 Å². The lowest BCUT2D eigenvalue weighted by Gasteiger charge is -1.75. The second kappa shape index (κ2) is 6.76. The van der Waals surface area contributed by atoms with Gasteiger partial charge in [-0.05, 0) is 0 Å². The van der Waals surface area contributed by atoms with Crippen molar-refractivity contribution in [2.24, 2.45) is 4.99 Å². The summed E-state index contributed by atoms with van der Waals surface area (Å²) in [6.45, 7) is 1.99. The lowest BCUT2D eigenvalue weighted by molar-refractivity contribution is -0.375. The van der Waals surface area contributed by atoms with Crippen LogP contribution >= 0.6 is 0 Å². The van der Waals surface area contributed by atoms with Gasteiger partial charge >= 0.3 is 0 Å². The van der Waals surface area contributed by atoms with Crippen LogP contribution in [0.15, 0.2) is 23.7 Å². The number of hydrogen-bond donors (Lipinski definition) is 2. The van der Waals surface area contributed by atoms with Crippen molar-refractivity contribution in [3.05, 3.63) is 18.7 Å². The molecule has 2 rings (SSSR count). The lowest BCUT2D eigenvalue weighted by atomic mass is 10.7. The van der Waals surface area contributed by atoms with Crippen LogP contribution in [0.3, 0.4) is 0 Å². The molecule has 1 aliphatic heterocycles. The molecule has 11 heavy (non-hydrogen) atoms. The van der Waals surface area contributed by atoms with Gasteiger partial charge in [0.1, 0.15) is 12.4 Å². The molecule has 1 aliphatic rings. The van der Waals surface area contributed by atoms with Crippen LogP contribution in [0.4, 0.5) is 0 Å². The van der Waals surface area contributed by atoms with Crippen LogP contribution in [0.25, 0.3) is 0 Å². The molecule has 0 amide bonds. The van der Waals surface area contributed by atoms with Crippen LogP contribution in [0.2, 0.25) is 0 Å². The predicted octanol–water partition coefficient (Wildman–Crippen LogP) is -0.730. The number of rotatable bonds is 0. The number of imidazole rings is 1. The van der Waals surface area contributed by atoms with Crippen LogP contribution in [-0.4, -0.2) is 29.9 Å². The predicted molar refractivity (Wildman–Crippen MR) is 40.6 cm³/mol. The van der Waals surface area contributed by atoms with E-state index >= 15 is 0 Å². The summed E-state index contributed by atoms with van der Waals surface area (Å²) in [5.74, 6) is 0. The van der Waals surface area contributed by atoms with E-state index in [-0.39, 0.29) is 5.48 Å². The van der Waals surface area contributed by atoms with Gasteiger partial charge in [-0.3, -0.25) is 15.0 Å². The molecule has 0 saturated heterocycles. The Hall–Kier alpha value is -1.36. The van der Waals surface area contributed by atoms with Crippen LogP contribution < -0.4 is 10.3 Å². The monoisotopic (exact) mass is 156 g/mol. The van der Waals surface area contributed by atoms with E-state index in [4.69, 9.17) is 0 Å². The molecular weight excluding hydrogens is 144 g/mol. The van der Waals surface area contributed by atoms with Crippen molar-refractivity contribution >= 4 is 6.34 Å². The van der Waals surface area contributed by atoms with Crippen LogP contribution in [0.1, 0.15) is 0 Å². The zero-order chi connectivity index (χ0) is 7.07. The molecule has 1 aromatic rings. The van der Waals surface area contributed by atoms with E-state index in [2.05, 4.69) is 20.3 Å². The molecule has 0 spiro atoms. The average molecular weight is 156 g/mol. The van der Waals surface area contributed by atoms with Gasteiger partial charge in [0.2, 0.25) is 6.33 Å². The third kappa shape index (κ3) is 5.10. The van der Waals surface area contributed by atoms with Gasteiger partial charge in [0.25, 0.3) is 0 Å². The van der Waals surface area contributed by atoms with E-state index in [0.717, 1.165) is 13.1 Å². The normalized spacial score (nSPS) is 12.4. The minimum Gasteiger partial charge on any atom is -0.870 e. The van der Waals surface area contributed by atoms with Gasteiger partial charge in [-0.1, -0.05) is 0 Å². The summed E-state index contributed by atoms with van der Waals surface area (Å²) in [6, 6.07) is 0. The van der Waals surface area contributed by atoms with Crippen molar-refractivity contribution in [2.45, 2.75) is 0 Å². The standard InChI is InChI=1S/C3H6N2.C3H4N2.H2O/c2*1-2-5-3-4-1;/h3H,1-2H2,(H,4,5);1-3H,(H,4,5);1H2. The highest BCUT2D eigenvalue weighted by atomic mass is 16.0. The minimum atomic E-state index is 0. The Morgan fingerprint density at radius 3 is 2.55 bits per heavy atom. The first kappa shape index (κ1) is 9.64. The third-order valence-electron chi connectivity index (χ3n) is 1.01. The maximum Gasteiger partial charge on any atom is 0.239 e. The van der Waals surface area contributed by atoms with E-state index < -0.39 is 0 Å². The number of nitrogens with zero attached hydrogens (tertiary/aromatic N) is 1. The molecule has 5 heteroatoms. The molecule has 0 bridgehead atoms. The fraction of sp³-hybridized carbons (Fsp3) is 0.333. The maximum absolute atomic E-state index is 3.85. The number of aliphatic imine (C=N–C) groups is 1. The second-order valence-electron chi connectivity index (χ2n) is 1.80. The smallest absolute Gasteiger partial charge is 0.239 e. The van der Waals surface area contributed by atoms with E-state index in [0.29, 0.717) is 0 Å². The van der Waals surface area contributed by atoms with Crippen molar-refractivity contribution in [1.82, 2.24) is 10.3 Å². The molecule has 0 radical (unpaired) electrons. The molecule has 0 fully saturated rings. The molecule has 0 unspecified atom stereocenters. The summed E-state index contributed by atoms with van der Waals surface area (Å²) in [6.07, 6.45) is 7.12. The Bertz CT molecular complexity index is 149. The first-order chi connectivity index (χ1) is 5.00. The van der Waals surface area contributed by atoms with Crippen molar-refractivity contribution in [2.75, 3.05) is 13.1 Å². The lowest BCUT2D eigenvalue weighted by Crippen LogP contribution is -2.04. The summed E-state index contributed by atoms with van der Waals surface area (Å²) < 4.78 is 0. The Morgan fingerprint density at radius 1 is 1.45 bits per heavy atom. The maximum atomic E-state index is 3.85. The number of H-pyrrole nitrogens is 2. The Labute approximate surface area is 64.9 Å². The minimum absolute atomic E-state index is 0. The first-order valence-electron chi connectivity index (χ1n) is 3.20. The van der Waals surface area contributed by atoms with E-state index in [9.17, 15) is 0 Å². The Kier molecular flexibility index (Phi) is 5.92. The summed E-state index contributed by atoms with van der Waals surface area (Å²) in [4.78, 5) is 9.46. The number of hydrogen-bond acceptors (Lipinski definition) is 3. The molecule has 1 aromatic heterocycles. The number of nitrogens with one attached hydrogen (secondary N) is 3. The van der Waals surface area contributed by atoms with Crippen molar-refractivity contribution in [1.29, 1.82) is 0 Å². The molecule has 4 N–H and O–H groups in total. The van der Waals surface area contributed by atoms with Crippen LogP contribution in [-0.2, 0) is 0 Å². The third-order valence-corrected chi connectivity index (χ3v) is 1.01. The summed E-state index contributed by atoms with van der Waals surface area (Å²) in [5, 5.41) is 2.93. The topological polar surface area (TPSA) is 84.3 Å². The van der Waals surface area contributed by atoms with Crippen molar-refractivity contribution in [3.63, 3.8) is 0 Å². The fourth-order valence-corrected chi connectivity index (χ4v) is 0.563. The highest BCUT2D eigenvalue weighted by Gasteiger charge is 1.82. The molecule has 0 aliphatic carbocycles. The Balaban J connectivity index is 0.000000167. The van der Waals surface area contributed by atoms with Crippen molar-refractivity contribution < 1.29 is 10.5 Å². The largest absolute Gasteiger partial charge is 0.870 e. The van der Waals surface area contributed by atoms with Crippen LogP contribution in [0.5, 0.6) is 0 Å². The molecular formula is C6H12N4O. The van der Waals surface area contributed by atoms with E-state index in [1.807, 2.05) is 12.4 Å². The molecule has 5 nitrogen and oxygen atoms in total. The zero-order valence-corrected chi connectivity index (χ0v) is 6.12. The fourth-order valence-electron chi connectivity index (χ4n) is 0.563. The summed E-state index contributed by atoms with van der Waals surface area (Å²) in [5.41, 5.74) is 0. The van der Waals surface area contributed by atoms with Crippen molar-refractivity contribution in [3.8, 4) is 0 Å². The van der Waals surface area contributed by atoms with Gasteiger partial charge in [-0.15, -0.1) is 0 Å². The van der Waals surface area contributed by atoms with Gasteiger partial charge in [0.05, 0.1) is 12.9 Å². The summed E-state index contributed by atoms with van der Waals surface area (Å²) in [7, 11) is 0. The Morgan fingerprint density at radius 2 is 2.36 bits per heavy atom. The molecule has 0 aromatic carbocycles. The highest BCUT2D eigenvalue weighted by Crippen LogP contribution is 1.68. The zero-order valence-electron chi connectivity index (χ0n) is 6.12. The summed E-state index contributed by atoms with van der Waals surface area (Å²) >= 11 is 0. The van der Waals surface area contributed by atoms with E-state index in [1.165, 1.54) is 0 Å². The van der Waals surface area contributed by atoms with Gasteiger partial charge in [-0.25, -0.2) is 0 Å². The molecule has 0 atom stereocenters. The first-order valence-corrected chi connectivity index (χ1v) is 3.20. The quantitative estimate of drug-likeness (QED) is 0.519. The van der Waals surface area contributed by atoms with Gasteiger partial charge in [0.15, 0.2) is 0 Å². The van der Waals surface area contributed by atoms with Crippen LogP contribution in [0, 0.1) is 0 Å².